The predicted molar refractivity (Wildman–Crippen MR) is 72.7 cm³/mol. The summed E-state index contributed by atoms with van der Waals surface area (Å²) >= 11 is 0. The Labute approximate surface area is 112 Å². The number of aromatic nitrogens is 1. The van der Waals surface area contributed by atoms with Crippen LogP contribution in [-0.2, 0) is 17.6 Å². The van der Waals surface area contributed by atoms with Crippen molar-refractivity contribution in [2.24, 2.45) is 0 Å². The van der Waals surface area contributed by atoms with E-state index in [2.05, 4.69) is 10.3 Å². The largest absolute Gasteiger partial charge is 0.446 e. The molecule has 1 heterocycles. The van der Waals surface area contributed by atoms with Gasteiger partial charge in [0.15, 0.2) is 5.89 Å². The number of oxazole rings is 1. The van der Waals surface area contributed by atoms with Crippen LogP contribution in [0.25, 0.3) is 0 Å². The van der Waals surface area contributed by atoms with Crippen LogP contribution in [0, 0.1) is 6.92 Å². The Balaban J connectivity index is 1.65. The second-order valence-corrected chi connectivity index (χ2v) is 4.45. The first kappa shape index (κ1) is 13.3. The number of hydrogen-bond donors (Lipinski definition) is 1. The molecule has 4 nitrogen and oxygen atoms in total. The van der Waals surface area contributed by atoms with E-state index in [9.17, 15) is 4.79 Å². The van der Waals surface area contributed by atoms with Gasteiger partial charge in [0.25, 0.3) is 0 Å². The number of nitrogens with zero attached hydrogens (tertiary/aromatic N) is 1. The minimum Gasteiger partial charge on any atom is -0.446 e. The van der Waals surface area contributed by atoms with Gasteiger partial charge in [-0.1, -0.05) is 30.3 Å². The fraction of sp³-hybridized carbons (Fsp3) is 0.333. The first-order chi connectivity index (χ1) is 9.24. The van der Waals surface area contributed by atoms with E-state index >= 15 is 0 Å². The molecule has 0 aliphatic carbocycles. The van der Waals surface area contributed by atoms with Gasteiger partial charge < -0.3 is 9.73 Å². The number of amides is 1. The normalized spacial score (nSPS) is 10.4. The van der Waals surface area contributed by atoms with Crippen LogP contribution < -0.4 is 5.32 Å². The van der Waals surface area contributed by atoms with Crippen molar-refractivity contribution in [2.75, 3.05) is 6.54 Å². The molecule has 0 aliphatic rings. The SMILES string of the molecule is Cc1cnc(CCNC(=O)CCc2ccccc2)o1. The third-order valence-corrected chi connectivity index (χ3v) is 2.81. The number of carbonyl (C=O) groups is 1. The lowest BCUT2D eigenvalue weighted by atomic mass is 10.1. The average molecular weight is 258 g/mol. The summed E-state index contributed by atoms with van der Waals surface area (Å²) in [6.45, 7) is 2.42. The second-order valence-electron chi connectivity index (χ2n) is 4.45. The molecule has 0 fully saturated rings. The molecular formula is C15H18N2O2. The number of benzene rings is 1. The molecule has 0 atom stereocenters. The van der Waals surface area contributed by atoms with Gasteiger partial charge in [0.05, 0.1) is 6.20 Å². The van der Waals surface area contributed by atoms with Crippen LogP contribution in [0.1, 0.15) is 23.6 Å². The summed E-state index contributed by atoms with van der Waals surface area (Å²) < 4.78 is 5.33. The first-order valence-electron chi connectivity index (χ1n) is 6.46. The summed E-state index contributed by atoms with van der Waals surface area (Å²) in [5.74, 6) is 1.53. The van der Waals surface area contributed by atoms with E-state index in [1.807, 2.05) is 37.3 Å². The number of hydrogen-bond acceptors (Lipinski definition) is 3. The third-order valence-electron chi connectivity index (χ3n) is 2.81. The van der Waals surface area contributed by atoms with Crippen molar-refractivity contribution in [3.05, 3.63) is 53.7 Å². The fourth-order valence-corrected chi connectivity index (χ4v) is 1.82. The van der Waals surface area contributed by atoms with Crippen molar-refractivity contribution < 1.29 is 9.21 Å². The summed E-state index contributed by atoms with van der Waals surface area (Å²) in [6, 6.07) is 10.0. The van der Waals surface area contributed by atoms with E-state index in [4.69, 9.17) is 4.42 Å². The number of nitrogens with one attached hydrogen (secondary N) is 1. The van der Waals surface area contributed by atoms with Gasteiger partial charge in [-0.25, -0.2) is 4.98 Å². The molecule has 0 saturated carbocycles. The first-order valence-corrected chi connectivity index (χ1v) is 6.46. The van der Waals surface area contributed by atoms with Gasteiger partial charge in [-0.15, -0.1) is 0 Å². The van der Waals surface area contributed by atoms with Crippen molar-refractivity contribution in [1.29, 1.82) is 0 Å². The van der Waals surface area contributed by atoms with E-state index in [0.29, 0.717) is 25.3 Å². The predicted octanol–water partition coefficient (Wildman–Crippen LogP) is 2.27. The van der Waals surface area contributed by atoms with Gasteiger partial charge in [-0.2, -0.15) is 0 Å². The second kappa shape index (κ2) is 6.73. The molecule has 0 aliphatic heterocycles. The molecule has 100 valence electrons. The van der Waals surface area contributed by atoms with Crippen molar-refractivity contribution in [2.45, 2.75) is 26.2 Å². The molecule has 0 saturated heterocycles. The van der Waals surface area contributed by atoms with E-state index in [0.717, 1.165) is 12.2 Å². The van der Waals surface area contributed by atoms with Gasteiger partial charge in [0.2, 0.25) is 5.91 Å². The molecular weight excluding hydrogens is 240 g/mol. The highest BCUT2D eigenvalue weighted by Crippen LogP contribution is 2.03. The van der Waals surface area contributed by atoms with E-state index in [1.165, 1.54) is 5.56 Å². The fourth-order valence-electron chi connectivity index (χ4n) is 1.82. The monoisotopic (exact) mass is 258 g/mol. The Morgan fingerprint density at radius 2 is 2.05 bits per heavy atom. The van der Waals surface area contributed by atoms with Crippen molar-refractivity contribution >= 4 is 5.91 Å². The molecule has 1 amide bonds. The highest BCUT2D eigenvalue weighted by atomic mass is 16.4. The number of carbonyl (C=O) groups excluding carboxylic acids is 1. The topological polar surface area (TPSA) is 55.1 Å². The Bertz CT molecular complexity index is 520. The lowest BCUT2D eigenvalue weighted by Crippen LogP contribution is -2.25. The van der Waals surface area contributed by atoms with Crippen LogP contribution in [0.3, 0.4) is 0 Å². The van der Waals surface area contributed by atoms with Crippen LogP contribution in [-0.4, -0.2) is 17.4 Å². The average Bonchev–Trinajstić information content (AvgIpc) is 2.83. The van der Waals surface area contributed by atoms with Crippen LogP contribution in [0.15, 0.2) is 40.9 Å². The molecule has 1 aromatic heterocycles. The van der Waals surface area contributed by atoms with Crippen LogP contribution in [0.4, 0.5) is 0 Å². The van der Waals surface area contributed by atoms with Crippen LogP contribution >= 0.6 is 0 Å². The third kappa shape index (κ3) is 4.58. The minimum atomic E-state index is 0.0622. The molecule has 0 radical (unpaired) electrons. The molecule has 0 bridgehead atoms. The van der Waals surface area contributed by atoms with Crippen LogP contribution in [0.2, 0.25) is 0 Å². The number of aryl methyl sites for hydroxylation is 2. The van der Waals surface area contributed by atoms with Crippen molar-refractivity contribution in [3.63, 3.8) is 0 Å². The molecule has 0 unspecified atom stereocenters. The summed E-state index contributed by atoms with van der Waals surface area (Å²) in [7, 11) is 0. The maximum absolute atomic E-state index is 11.6. The highest BCUT2D eigenvalue weighted by Gasteiger charge is 2.04. The maximum Gasteiger partial charge on any atom is 0.220 e. The Hall–Kier alpha value is -2.10. The van der Waals surface area contributed by atoms with Crippen LogP contribution in [0.5, 0.6) is 0 Å². The van der Waals surface area contributed by atoms with Gasteiger partial charge >= 0.3 is 0 Å². The van der Waals surface area contributed by atoms with Gasteiger partial charge in [-0.3, -0.25) is 4.79 Å². The maximum atomic E-state index is 11.6. The van der Waals surface area contributed by atoms with E-state index in [-0.39, 0.29) is 5.91 Å². The van der Waals surface area contributed by atoms with Gasteiger partial charge in [-0.05, 0) is 18.9 Å². The number of rotatable bonds is 6. The van der Waals surface area contributed by atoms with E-state index in [1.54, 1.807) is 6.20 Å². The smallest absolute Gasteiger partial charge is 0.220 e. The molecule has 2 rings (SSSR count). The Morgan fingerprint density at radius 3 is 2.74 bits per heavy atom. The van der Waals surface area contributed by atoms with Crippen molar-refractivity contribution in [3.8, 4) is 0 Å². The zero-order valence-electron chi connectivity index (χ0n) is 11.1. The quantitative estimate of drug-likeness (QED) is 0.864. The Morgan fingerprint density at radius 1 is 1.26 bits per heavy atom. The molecule has 0 spiro atoms. The summed E-state index contributed by atoms with van der Waals surface area (Å²) in [6.07, 6.45) is 3.59. The van der Waals surface area contributed by atoms with Gasteiger partial charge in [0, 0.05) is 19.4 Å². The minimum absolute atomic E-state index is 0.0622. The summed E-state index contributed by atoms with van der Waals surface area (Å²) in [4.78, 5) is 15.7. The molecule has 1 N–H and O–H groups in total. The molecule has 1 aromatic carbocycles. The standard InChI is InChI=1S/C15H18N2O2/c1-12-11-17-15(19-12)9-10-16-14(18)8-7-13-5-3-2-4-6-13/h2-6,11H,7-10H2,1H3,(H,16,18). The molecule has 19 heavy (non-hydrogen) atoms. The zero-order chi connectivity index (χ0) is 13.5. The van der Waals surface area contributed by atoms with E-state index < -0.39 is 0 Å². The zero-order valence-corrected chi connectivity index (χ0v) is 11.1. The van der Waals surface area contributed by atoms with Crippen molar-refractivity contribution in [1.82, 2.24) is 10.3 Å². The lowest BCUT2D eigenvalue weighted by Gasteiger charge is -2.03. The molecule has 2 aromatic rings. The lowest BCUT2D eigenvalue weighted by molar-refractivity contribution is -0.121. The highest BCUT2D eigenvalue weighted by molar-refractivity contribution is 5.76. The molecule has 4 heteroatoms. The Kier molecular flexibility index (Phi) is 4.72. The summed E-state index contributed by atoms with van der Waals surface area (Å²) in [5, 5.41) is 2.87. The summed E-state index contributed by atoms with van der Waals surface area (Å²) in [5.41, 5.74) is 1.18. The van der Waals surface area contributed by atoms with Gasteiger partial charge in [0.1, 0.15) is 5.76 Å².